The van der Waals surface area contributed by atoms with E-state index >= 15 is 0 Å². The maximum absolute atomic E-state index is 12.1. The fraction of sp³-hybridized carbons (Fsp3) is 0.667. The van der Waals surface area contributed by atoms with E-state index in [-0.39, 0.29) is 11.0 Å². The molecule has 0 saturated carbocycles. The molecule has 1 aliphatic rings. The Morgan fingerprint density at radius 2 is 2.10 bits per heavy atom. The van der Waals surface area contributed by atoms with Crippen LogP contribution in [0.25, 0.3) is 0 Å². The van der Waals surface area contributed by atoms with Crippen LogP contribution in [0.1, 0.15) is 54.5 Å². The number of carboxylic acids is 1. The maximum Gasteiger partial charge on any atom is 0.410 e. The summed E-state index contributed by atoms with van der Waals surface area (Å²) in [5, 5.41) is 16.9. The third-order valence-corrected chi connectivity index (χ3v) is 3.80. The number of amides is 1. The number of hydrogen-bond donors (Lipinski definition) is 1. The van der Waals surface area contributed by atoms with Crippen LogP contribution in [-0.4, -0.2) is 44.4 Å². The summed E-state index contributed by atoms with van der Waals surface area (Å²) < 4.78 is 5.35. The van der Waals surface area contributed by atoms with Crippen LogP contribution in [0.5, 0.6) is 0 Å². The Bertz CT molecular complexity index is 523. The lowest BCUT2D eigenvalue weighted by molar-refractivity contribution is 0.0223. The molecule has 20 heavy (non-hydrogen) atoms. The summed E-state index contributed by atoms with van der Waals surface area (Å²) in [6.07, 6.45) is 1.19. The van der Waals surface area contributed by atoms with E-state index < -0.39 is 17.7 Å². The molecule has 0 aromatic carbocycles. The highest BCUT2D eigenvalue weighted by molar-refractivity contribution is 7.13. The third kappa shape index (κ3) is 3.24. The van der Waals surface area contributed by atoms with Crippen molar-refractivity contribution in [2.75, 3.05) is 6.54 Å². The Labute approximate surface area is 120 Å². The van der Waals surface area contributed by atoms with Gasteiger partial charge in [0, 0.05) is 6.54 Å². The number of carboxylic acid groups (broad SMARTS) is 1. The van der Waals surface area contributed by atoms with Crippen molar-refractivity contribution in [1.29, 1.82) is 0 Å². The van der Waals surface area contributed by atoms with E-state index in [1.807, 2.05) is 20.8 Å². The second kappa shape index (κ2) is 5.35. The summed E-state index contributed by atoms with van der Waals surface area (Å²) in [6, 6.07) is -0.240. The predicted molar refractivity (Wildman–Crippen MR) is 71.8 cm³/mol. The molecule has 1 aromatic heterocycles. The van der Waals surface area contributed by atoms with E-state index in [0.717, 1.165) is 24.2 Å². The molecule has 1 fully saturated rings. The number of rotatable bonds is 2. The molecule has 8 heteroatoms. The summed E-state index contributed by atoms with van der Waals surface area (Å²) >= 11 is 1.01. The number of likely N-dealkylation sites (tertiary alicyclic amines) is 1. The van der Waals surface area contributed by atoms with Crippen LogP contribution in [-0.2, 0) is 4.74 Å². The minimum atomic E-state index is -1.10. The Balaban J connectivity index is 2.14. The topological polar surface area (TPSA) is 92.6 Å². The second-order valence-electron chi connectivity index (χ2n) is 5.58. The molecule has 0 spiro atoms. The zero-order valence-electron chi connectivity index (χ0n) is 11.6. The smallest absolute Gasteiger partial charge is 0.410 e. The number of carbonyl (C=O) groups is 2. The van der Waals surface area contributed by atoms with Gasteiger partial charge in [0.25, 0.3) is 0 Å². The Morgan fingerprint density at radius 3 is 2.65 bits per heavy atom. The van der Waals surface area contributed by atoms with Gasteiger partial charge >= 0.3 is 12.1 Å². The van der Waals surface area contributed by atoms with Crippen LogP contribution in [0.2, 0.25) is 0 Å². The summed E-state index contributed by atoms with van der Waals surface area (Å²) in [4.78, 5) is 24.6. The molecule has 7 nitrogen and oxygen atoms in total. The molecule has 110 valence electrons. The average Bonchev–Trinajstić information content (AvgIpc) is 2.95. The highest BCUT2D eigenvalue weighted by Crippen LogP contribution is 2.34. The summed E-state index contributed by atoms with van der Waals surface area (Å²) in [7, 11) is 0. The predicted octanol–water partition coefficient (Wildman–Crippen LogP) is 2.31. The minimum absolute atomic E-state index is 0.0592. The normalized spacial score (nSPS) is 19.1. The van der Waals surface area contributed by atoms with Crippen molar-refractivity contribution in [2.24, 2.45) is 0 Å². The van der Waals surface area contributed by atoms with E-state index in [1.165, 1.54) is 0 Å². The number of ether oxygens (including phenoxy) is 1. The van der Waals surface area contributed by atoms with Gasteiger partial charge in [0.2, 0.25) is 5.01 Å². The van der Waals surface area contributed by atoms with Gasteiger partial charge in [-0.2, -0.15) is 0 Å². The first-order valence-electron chi connectivity index (χ1n) is 6.34. The van der Waals surface area contributed by atoms with Crippen molar-refractivity contribution in [2.45, 2.75) is 45.3 Å². The molecule has 2 heterocycles. The van der Waals surface area contributed by atoms with Crippen LogP contribution in [0, 0.1) is 0 Å². The first-order valence-corrected chi connectivity index (χ1v) is 7.16. The van der Waals surface area contributed by atoms with Gasteiger partial charge in [-0.3, -0.25) is 4.90 Å². The van der Waals surface area contributed by atoms with Crippen LogP contribution in [0.15, 0.2) is 0 Å². The monoisotopic (exact) mass is 299 g/mol. The lowest BCUT2D eigenvalue weighted by atomic mass is 10.2. The standard InChI is InChI=1S/C12H17N3O4S/c1-12(2,3)19-11(18)15-6-4-5-7(15)8-13-14-9(20-8)10(16)17/h7H,4-6H2,1-3H3,(H,16,17). The molecule has 1 aromatic rings. The average molecular weight is 299 g/mol. The zero-order chi connectivity index (χ0) is 14.9. The summed E-state index contributed by atoms with van der Waals surface area (Å²) in [5.74, 6) is -1.10. The molecule has 1 aliphatic heterocycles. The highest BCUT2D eigenvalue weighted by Gasteiger charge is 2.35. The molecule has 1 unspecified atom stereocenters. The van der Waals surface area contributed by atoms with Crippen molar-refractivity contribution in [3.05, 3.63) is 10.0 Å². The Hall–Kier alpha value is -1.70. The highest BCUT2D eigenvalue weighted by atomic mass is 32.1. The molecule has 0 radical (unpaired) electrons. The number of hydrogen-bond acceptors (Lipinski definition) is 6. The van der Waals surface area contributed by atoms with Crippen LogP contribution in [0.4, 0.5) is 4.79 Å². The van der Waals surface area contributed by atoms with Gasteiger partial charge in [0.05, 0.1) is 6.04 Å². The van der Waals surface area contributed by atoms with Gasteiger partial charge in [-0.1, -0.05) is 11.3 Å². The molecule has 1 N–H and O–H groups in total. The first kappa shape index (κ1) is 14.7. The van der Waals surface area contributed by atoms with Crippen LogP contribution in [0.3, 0.4) is 0 Å². The fourth-order valence-electron chi connectivity index (χ4n) is 2.02. The number of carbonyl (C=O) groups excluding carboxylic acids is 1. The van der Waals surface area contributed by atoms with Crippen LogP contribution >= 0.6 is 11.3 Å². The zero-order valence-corrected chi connectivity index (χ0v) is 12.4. The van der Waals surface area contributed by atoms with Crippen molar-refractivity contribution in [3.8, 4) is 0 Å². The fourth-order valence-corrected chi connectivity index (χ4v) is 2.85. The molecular weight excluding hydrogens is 282 g/mol. The minimum Gasteiger partial charge on any atom is -0.476 e. The number of nitrogens with zero attached hydrogens (tertiary/aromatic N) is 3. The van der Waals surface area contributed by atoms with Gasteiger partial charge in [0.15, 0.2) is 0 Å². The van der Waals surface area contributed by atoms with E-state index in [2.05, 4.69) is 10.2 Å². The molecular formula is C12H17N3O4S. The van der Waals surface area contributed by atoms with Gasteiger partial charge in [-0.05, 0) is 33.6 Å². The number of aromatic nitrogens is 2. The molecule has 1 atom stereocenters. The lowest BCUT2D eigenvalue weighted by Gasteiger charge is -2.27. The van der Waals surface area contributed by atoms with Crippen molar-refractivity contribution in [3.63, 3.8) is 0 Å². The Morgan fingerprint density at radius 1 is 1.40 bits per heavy atom. The van der Waals surface area contributed by atoms with Crippen molar-refractivity contribution in [1.82, 2.24) is 15.1 Å². The second-order valence-corrected chi connectivity index (χ2v) is 6.59. The van der Waals surface area contributed by atoms with E-state index in [1.54, 1.807) is 4.90 Å². The van der Waals surface area contributed by atoms with Gasteiger partial charge in [-0.25, -0.2) is 9.59 Å². The first-order chi connectivity index (χ1) is 9.28. The van der Waals surface area contributed by atoms with E-state index in [0.29, 0.717) is 11.6 Å². The van der Waals surface area contributed by atoms with E-state index in [4.69, 9.17) is 9.84 Å². The summed E-state index contributed by atoms with van der Waals surface area (Å²) in [6.45, 7) is 6.01. The van der Waals surface area contributed by atoms with Crippen LogP contribution < -0.4 is 0 Å². The van der Waals surface area contributed by atoms with Gasteiger partial charge in [0.1, 0.15) is 10.6 Å². The van der Waals surface area contributed by atoms with E-state index in [9.17, 15) is 9.59 Å². The van der Waals surface area contributed by atoms with Crippen molar-refractivity contribution >= 4 is 23.4 Å². The maximum atomic E-state index is 12.1. The molecule has 0 bridgehead atoms. The lowest BCUT2D eigenvalue weighted by Crippen LogP contribution is -2.36. The molecule has 1 saturated heterocycles. The summed E-state index contributed by atoms with van der Waals surface area (Å²) in [5.41, 5.74) is -0.558. The molecule has 0 aliphatic carbocycles. The Kier molecular flexibility index (Phi) is 3.94. The number of aromatic carboxylic acids is 1. The quantitative estimate of drug-likeness (QED) is 0.900. The van der Waals surface area contributed by atoms with Gasteiger partial charge < -0.3 is 9.84 Å². The largest absolute Gasteiger partial charge is 0.476 e. The molecule has 1 amide bonds. The van der Waals surface area contributed by atoms with Gasteiger partial charge in [-0.15, -0.1) is 10.2 Å². The van der Waals surface area contributed by atoms with Crippen molar-refractivity contribution < 1.29 is 19.4 Å². The third-order valence-electron chi connectivity index (χ3n) is 2.79. The SMILES string of the molecule is CC(C)(C)OC(=O)N1CCCC1c1nnc(C(=O)O)s1. The molecule has 2 rings (SSSR count).